The summed E-state index contributed by atoms with van der Waals surface area (Å²) in [5.41, 5.74) is 2.35. The predicted octanol–water partition coefficient (Wildman–Crippen LogP) is 5.19. The summed E-state index contributed by atoms with van der Waals surface area (Å²) in [7, 11) is 2.12. The molecule has 2 aromatic carbocycles. The van der Waals surface area contributed by atoms with Crippen molar-refractivity contribution in [2.75, 3.05) is 37.0 Å². The van der Waals surface area contributed by atoms with E-state index in [1.165, 1.54) is 24.9 Å². The topological polar surface area (TPSA) is 24.5 Å². The molecule has 0 aliphatic heterocycles. The van der Waals surface area contributed by atoms with Crippen molar-refractivity contribution < 1.29 is 4.74 Å². The molecule has 0 fully saturated rings. The van der Waals surface area contributed by atoms with E-state index in [0.29, 0.717) is 0 Å². The van der Waals surface area contributed by atoms with Crippen molar-refractivity contribution in [2.24, 2.45) is 0 Å². The van der Waals surface area contributed by atoms with Gasteiger partial charge in [0.1, 0.15) is 5.75 Å². The van der Waals surface area contributed by atoms with Crippen LogP contribution in [0.4, 0.5) is 11.4 Å². The molecule has 0 unspecified atom stereocenters. The third-order valence-electron chi connectivity index (χ3n) is 4.07. The number of para-hydroxylation sites is 1. The van der Waals surface area contributed by atoms with Gasteiger partial charge in [0, 0.05) is 37.6 Å². The van der Waals surface area contributed by atoms with Crippen molar-refractivity contribution in [1.29, 1.82) is 0 Å². The first-order chi connectivity index (χ1) is 11.8. The van der Waals surface area contributed by atoms with E-state index in [1.54, 1.807) is 0 Å². The van der Waals surface area contributed by atoms with E-state index in [9.17, 15) is 0 Å². The Morgan fingerprint density at radius 2 is 1.79 bits per heavy atom. The average Bonchev–Trinajstić information content (AvgIpc) is 2.62. The fourth-order valence-corrected chi connectivity index (χ4v) is 2.59. The van der Waals surface area contributed by atoms with Crippen molar-refractivity contribution >= 4 is 11.4 Å². The van der Waals surface area contributed by atoms with Crippen LogP contribution in [0.5, 0.6) is 5.75 Å². The largest absolute Gasteiger partial charge is 0.494 e. The molecule has 3 nitrogen and oxygen atoms in total. The van der Waals surface area contributed by atoms with Gasteiger partial charge in [-0.1, -0.05) is 50.5 Å². The molecule has 0 heterocycles. The Kier molecular flexibility index (Phi) is 8.02. The fraction of sp³-hybridized carbons (Fsp3) is 0.429. The smallest absolute Gasteiger partial charge is 0.121 e. The minimum atomic E-state index is 0.806. The number of unbranched alkanes of at least 4 members (excludes halogenated alkanes) is 3. The highest BCUT2D eigenvalue weighted by atomic mass is 16.5. The first-order valence-electron chi connectivity index (χ1n) is 9.02. The molecule has 2 aromatic rings. The van der Waals surface area contributed by atoms with E-state index in [4.69, 9.17) is 4.74 Å². The summed E-state index contributed by atoms with van der Waals surface area (Å²) < 4.78 is 5.84. The normalized spacial score (nSPS) is 10.4. The molecule has 0 saturated carbocycles. The van der Waals surface area contributed by atoms with Crippen LogP contribution in [0.25, 0.3) is 0 Å². The van der Waals surface area contributed by atoms with Crippen LogP contribution in [0, 0.1) is 0 Å². The van der Waals surface area contributed by atoms with Crippen LogP contribution in [0.1, 0.15) is 32.6 Å². The molecule has 2 rings (SSSR count). The van der Waals surface area contributed by atoms with Crippen molar-refractivity contribution in [3.63, 3.8) is 0 Å². The minimum absolute atomic E-state index is 0.806. The first kappa shape index (κ1) is 18.2. The number of hydrogen-bond donors (Lipinski definition) is 1. The van der Waals surface area contributed by atoms with Gasteiger partial charge in [0.05, 0.1) is 6.61 Å². The minimum Gasteiger partial charge on any atom is -0.494 e. The van der Waals surface area contributed by atoms with Gasteiger partial charge in [0.15, 0.2) is 0 Å². The molecule has 0 amide bonds. The molecule has 130 valence electrons. The van der Waals surface area contributed by atoms with E-state index in [-0.39, 0.29) is 0 Å². The van der Waals surface area contributed by atoms with E-state index < -0.39 is 0 Å². The van der Waals surface area contributed by atoms with Gasteiger partial charge in [0.2, 0.25) is 0 Å². The summed E-state index contributed by atoms with van der Waals surface area (Å²) >= 11 is 0. The summed E-state index contributed by atoms with van der Waals surface area (Å²) in [5.74, 6) is 0.952. The van der Waals surface area contributed by atoms with Crippen molar-refractivity contribution in [1.82, 2.24) is 0 Å². The Bertz CT molecular complexity index is 571. The third kappa shape index (κ3) is 6.53. The lowest BCUT2D eigenvalue weighted by molar-refractivity contribution is 0.305. The van der Waals surface area contributed by atoms with Crippen molar-refractivity contribution in [3.8, 4) is 5.75 Å². The number of benzene rings is 2. The van der Waals surface area contributed by atoms with Gasteiger partial charge >= 0.3 is 0 Å². The summed E-state index contributed by atoms with van der Waals surface area (Å²) in [4.78, 5) is 2.25. The maximum atomic E-state index is 5.84. The molecule has 3 heteroatoms. The number of anilines is 2. The molecular formula is C21H30N2O. The summed E-state index contributed by atoms with van der Waals surface area (Å²) in [6, 6.07) is 18.7. The Hall–Kier alpha value is -2.16. The van der Waals surface area contributed by atoms with Gasteiger partial charge in [-0.2, -0.15) is 0 Å². The van der Waals surface area contributed by atoms with Crippen LogP contribution in [0.15, 0.2) is 54.6 Å². The maximum absolute atomic E-state index is 5.84. The van der Waals surface area contributed by atoms with Crippen molar-refractivity contribution in [3.05, 3.63) is 54.6 Å². The summed E-state index contributed by atoms with van der Waals surface area (Å²) in [6.07, 6.45) is 4.93. The molecule has 1 N–H and O–H groups in total. The Morgan fingerprint density at radius 3 is 2.58 bits per heavy atom. The molecular weight excluding hydrogens is 296 g/mol. The number of rotatable bonds is 11. The Labute approximate surface area is 146 Å². The van der Waals surface area contributed by atoms with Gasteiger partial charge in [-0.15, -0.1) is 0 Å². The SMILES string of the molecule is CCCCCCOc1cccc(NCCN(C)c2ccccc2)c1. The predicted molar refractivity (Wildman–Crippen MR) is 104 cm³/mol. The number of nitrogens with zero attached hydrogens (tertiary/aromatic N) is 1. The zero-order valence-electron chi connectivity index (χ0n) is 15.0. The second-order valence-electron chi connectivity index (χ2n) is 6.12. The highest BCUT2D eigenvalue weighted by Crippen LogP contribution is 2.18. The molecule has 0 saturated heterocycles. The lowest BCUT2D eigenvalue weighted by atomic mass is 10.2. The number of nitrogens with one attached hydrogen (secondary N) is 1. The van der Waals surface area contributed by atoms with Gasteiger partial charge in [0.25, 0.3) is 0 Å². The second kappa shape index (κ2) is 10.6. The van der Waals surface area contributed by atoms with Crippen LogP contribution in [0.2, 0.25) is 0 Å². The third-order valence-corrected chi connectivity index (χ3v) is 4.07. The van der Waals surface area contributed by atoms with Crippen LogP contribution < -0.4 is 15.0 Å². The number of likely N-dealkylation sites (N-methyl/N-ethyl adjacent to an activating group) is 1. The summed E-state index contributed by atoms with van der Waals surface area (Å²) in [5, 5.41) is 3.47. The van der Waals surface area contributed by atoms with E-state index >= 15 is 0 Å². The van der Waals surface area contributed by atoms with Gasteiger partial charge in [-0.3, -0.25) is 0 Å². The van der Waals surface area contributed by atoms with Crippen molar-refractivity contribution in [2.45, 2.75) is 32.6 Å². The monoisotopic (exact) mass is 326 g/mol. The highest BCUT2D eigenvalue weighted by Gasteiger charge is 2.00. The standard InChI is InChI=1S/C21H30N2O/c1-3-4-5-9-17-24-21-14-10-11-19(18-21)22-15-16-23(2)20-12-7-6-8-13-20/h6-8,10-14,18,22H,3-5,9,15-17H2,1-2H3. The fourth-order valence-electron chi connectivity index (χ4n) is 2.59. The van der Waals surface area contributed by atoms with Gasteiger partial charge in [-0.25, -0.2) is 0 Å². The Morgan fingerprint density at radius 1 is 0.958 bits per heavy atom. The molecule has 0 radical (unpaired) electrons. The maximum Gasteiger partial charge on any atom is 0.121 e. The molecule has 0 aliphatic carbocycles. The first-order valence-corrected chi connectivity index (χ1v) is 9.02. The molecule has 0 atom stereocenters. The number of hydrogen-bond acceptors (Lipinski definition) is 3. The second-order valence-corrected chi connectivity index (χ2v) is 6.12. The average molecular weight is 326 g/mol. The molecule has 0 aromatic heterocycles. The highest BCUT2D eigenvalue weighted by molar-refractivity contribution is 5.49. The van der Waals surface area contributed by atoms with Gasteiger partial charge < -0.3 is 15.0 Å². The van der Waals surface area contributed by atoms with Crippen LogP contribution in [-0.2, 0) is 0 Å². The summed E-state index contributed by atoms with van der Waals surface area (Å²) in [6.45, 7) is 4.88. The molecule has 0 bridgehead atoms. The van der Waals surface area contributed by atoms with Crippen LogP contribution in [-0.4, -0.2) is 26.7 Å². The van der Waals surface area contributed by atoms with Crippen LogP contribution >= 0.6 is 0 Å². The van der Waals surface area contributed by atoms with Gasteiger partial charge in [-0.05, 0) is 30.7 Å². The Balaban J connectivity index is 1.71. The molecule has 0 aliphatic rings. The zero-order chi connectivity index (χ0) is 17.0. The van der Waals surface area contributed by atoms with E-state index in [1.807, 2.05) is 18.2 Å². The number of ether oxygens (including phenoxy) is 1. The lowest BCUT2D eigenvalue weighted by Crippen LogP contribution is -2.24. The van der Waals surface area contributed by atoms with E-state index in [0.717, 1.165) is 37.6 Å². The molecule has 0 spiro atoms. The quantitative estimate of drug-likeness (QED) is 0.575. The lowest BCUT2D eigenvalue weighted by Gasteiger charge is -2.19. The molecule has 24 heavy (non-hydrogen) atoms. The zero-order valence-corrected chi connectivity index (χ0v) is 15.0. The van der Waals surface area contributed by atoms with Crippen LogP contribution in [0.3, 0.4) is 0 Å². The van der Waals surface area contributed by atoms with E-state index in [2.05, 4.69) is 60.6 Å².